The fourth-order valence-corrected chi connectivity index (χ4v) is 1.95. The van der Waals surface area contributed by atoms with Crippen LogP contribution < -0.4 is 4.74 Å². The second kappa shape index (κ2) is 4.78. The summed E-state index contributed by atoms with van der Waals surface area (Å²) in [6.07, 6.45) is 0.632. The molecule has 1 N–H and O–H groups in total. The fraction of sp³-hybridized carbons (Fsp3) is 0.308. The number of aliphatic hydroxyl groups is 1. The van der Waals surface area contributed by atoms with Gasteiger partial charge >= 0.3 is 0 Å². The number of hydrogen-bond donors (Lipinski definition) is 1. The van der Waals surface area contributed by atoms with Crippen molar-refractivity contribution in [2.75, 3.05) is 7.11 Å². The van der Waals surface area contributed by atoms with Gasteiger partial charge in [0, 0.05) is 24.4 Å². The van der Waals surface area contributed by atoms with Crippen molar-refractivity contribution in [3.8, 4) is 5.75 Å². The minimum atomic E-state index is -1.05. The lowest BCUT2D eigenvalue weighted by molar-refractivity contribution is 0.212. The second-order valence-corrected chi connectivity index (χ2v) is 4.11. The highest BCUT2D eigenvalue weighted by atomic mass is 19.1. The Bertz CT molecular complexity index is 566. The number of aromatic nitrogens is 2. The summed E-state index contributed by atoms with van der Waals surface area (Å²) in [6, 6.07) is 4.70. The van der Waals surface area contributed by atoms with E-state index in [1.807, 2.05) is 0 Å². The van der Waals surface area contributed by atoms with E-state index in [1.165, 1.54) is 19.2 Å². The molecule has 0 radical (unpaired) electrons. The first-order valence-corrected chi connectivity index (χ1v) is 5.55. The first-order valence-electron chi connectivity index (χ1n) is 5.55. The Morgan fingerprint density at radius 1 is 1.39 bits per heavy atom. The number of benzene rings is 1. The number of aryl methyl sites for hydroxylation is 2. The highest BCUT2D eigenvalue weighted by Crippen LogP contribution is 2.30. The molecule has 1 aromatic heterocycles. The largest absolute Gasteiger partial charge is 0.494 e. The van der Waals surface area contributed by atoms with Crippen LogP contribution in [0.2, 0.25) is 0 Å². The SMILES string of the molecule is COc1cccc(C(O)c2cn(C)nc2C)c1F. The minimum absolute atomic E-state index is 0.119. The molecule has 0 fully saturated rings. The van der Waals surface area contributed by atoms with E-state index < -0.39 is 11.9 Å². The van der Waals surface area contributed by atoms with Crippen molar-refractivity contribution in [1.82, 2.24) is 9.78 Å². The maximum Gasteiger partial charge on any atom is 0.171 e. The summed E-state index contributed by atoms with van der Waals surface area (Å²) in [5.74, 6) is -0.427. The Kier molecular flexibility index (Phi) is 3.34. The first kappa shape index (κ1) is 12.6. The summed E-state index contributed by atoms with van der Waals surface area (Å²) in [4.78, 5) is 0. The van der Waals surface area contributed by atoms with Gasteiger partial charge in [-0.25, -0.2) is 4.39 Å². The Morgan fingerprint density at radius 3 is 2.67 bits per heavy atom. The van der Waals surface area contributed by atoms with Gasteiger partial charge in [0.05, 0.1) is 12.8 Å². The van der Waals surface area contributed by atoms with Crippen LogP contribution >= 0.6 is 0 Å². The zero-order valence-electron chi connectivity index (χ0n) is 10.5. The van der Waals surface area contributed by atoms with Gasteiger partial charge in [0.2, 0.25) is 0 Å². The molecule has 2 aromatic rings. The van der Waals surface area contributed by atoms with E-state index in [1.54, 1.807) is 30.9 Å². The molecule has 2 rings (SSSR count). The molecule has 1 heterocycles. The smallest absolute Gasteiger partial charge is 0.171 e. The maximum atomic E-state index is 14.0. The Labute approximate surface area is 105 Å². The molecular formula is C13H15FN2O2. The summed E-state index contributed by atoms with van der Waals surface area (Å²) < 4.78 is 20.5. The molecule has 0 amide bonds. The van der Waals surface area contributed by atoms with Crippen LogP contribution in [0.25, 0.3) is 0 Å². The minimum Gasteiger partial charge on any atom is -0.494 e. The Morgan fingerprint density at radius 2 is 2.11 bits per heavy atom. The van der Waals surface area contributed by atoms with Crippen LogP contribution in [-0.4, -0.2) is 22.0 Å². The fourth-order valence-electron chi connectivity index (χ4n) is 1.95. The van der Waals surface area contributed by atoms with Crippen molar-refractivity contribution < 1.29 is 14.2 Å². The number of nitrogens with zero attached hydrogens (tertiary/aromatic N) is 2. The van der Waals surface area contributed by atoms with Crippen LogP contribution in [0, 0.1) is 12.7 Å². The zero-order valence-corrected chi connectivity index (χ0v) is 10.5. The van der Waals surface area contributed by atoms with Crippen molar-refractivity contribution in [2.24, 2.45) is 7.05 Å². The molecule has 0 bridgehead atoms. The molecular weight excluding hydrogens is 235 g/mol. The van der Waals surface area contributed by atoms with E-state index in [2.05, 4.69) is 5.10 Å². The van der Waals surface area contributed by atoms with E-state index in [4.69, 9.17) is 4.74 Å². The van der Waals surface area contributed by atoms with Gasteiger partial charge in [0.15, 0.2) is 11.6 Å². The van der Waals surface area contributed by atoms with Crippen LogP contribution in [0.15, 0.2) is 24.4 Å². The monoisotopic (exact) mass is 250 g/mol. The van der Waals surface area contributed by atoms with Crippen molar-refractivity contribution in [3.05, 3.63) is 47.0 Å². The number of aliphatic hydroxyl groups excluding tert-OH is 1. The number of hydrogen-bond acceptors (Lipinski definition) is 3. The molecule has 0 saturated heterocycles. The average Bonchev–Trinajstić information content (AvgIpc) is 2.68. The summed E-state index contributed by atoms with van der Waals surface area (Å²) in [6.45, 7) is 1.77. The first-order chi connectivity index (χ1) is 8.54. The topological polar surface area (TPSA) is 47.3 Å². The van der Waals surface area contributed by atoms with Gasteiger partial charge in [-0.05, 0) is 13.0 Å². The summed E-state index contributed by atoms with van der Waals surface area (Å²) in [5.41, 5.74) is 1.45. The van der Waals surface area contributed by atoms with Gasteiger partial charge in [-0.1, -0.05) is 12.1 Å². The van der Waals surface area contributed by atoms with Gasteiger partial charge in [-0.3, -0.25) is 4.68 Å². The highest BCUT2D eigenvalue weighted by Gasteiger charge is 2.21. The predicted octanol–water partition coefficient (Wildman–Crippen LogP) is 1.96. The average molecular weight is 250 g/mol. The molecule has 1 atom stereocenters. The van der Waals surface area contributed by atoms with Crippen LogP contribution in [0.1, 0.15) is 22.9 Å². The Hall–Kier alpha value is -1.88. The number of rotatable bonds is 3. The molecule has 5 heteroatoms. The van der Waals surface area contributed by atoms with Gasteiger partial charge in [0.1, 0.15) is 6.10 Å². The van der Waals surface area contributed by atoms with E-state index in [0.29, 0.717) is 11.3 Å². The molecule has 0 aliphatic carbocycles. The third-order valence-corrected chi connectivity index (χ3v) is 2.85. The van der Waals surface area contributed by atoms with Crippen LogP contribution in [0.3, 0.4) is 0 Å². The normalized spacial score (nSPS) is 12.5. The van der Waals surface area contributed by atoms with Gasteiger partial charge in [-0.15, -0.1) is 0 Å². The van der Waals surface area contributed by atoms with E-state index >= 15 is 0 Å². The third kappa shape index (κ3) is 2.09. The zero-order chi connectivity index (χ0) is 13.3. The number of ether oxygens (including phenoxy) is 1. The van der Waals surface area contributed by atoms with Crippen LogP contribution in [-0.2, 0) is 7.05 Å². The predicted molar refractivity (Wildman–Crippen MR) is 65.0 cm³/mol. The molecule has 4 nitrogen and oxygen atoms in total. The van der Waals surface area contributed by atoms with E-state index in [0.717, 1.165) is 0 Å². The molecule has 0 aliphatic rings. The number of halogens is 1. The van der Waals surface area contributed by atoms with Gasteiger partial charge in [-0.2, -0.15) is 5.10 Å². The molecule has 0 spiro atoms. The van der Waals surface area contributed by atoms with Gasteiger partial charge in [0.25, 0.3) is 0 Å². The van der Waals surface area contributed by atoms with E-state index in [9.17, 15) is 9.50 Å². The summed E-state index contributed by atoms with van der Waals surface area (Å²) >= 11 is 0. The summed E-state index contributed by atoms with van der Waals surface area (Å²) in [7, 11) is 3.15. The van der Waals surface area contributed by atoms with Crippen molar-refractivity contribution in [3.63, 3.8) is 0 Å². The van der Waals surface area contributed by atoms with E-state index in [-0.39, 0.29) is 11.3 Å². The second-order valence-electron chi connectivity index (χ2n) is 4.11. The molecule has 0 saturated carbocycles. The summed E-state index contributed by atoms with van der Waals surface area (Å²) in [5, 5.41) is 14.4. The standard InChI is InChI=1S/C13H15FN2O2/c1-8-10(7-16(2)15-8)13(17)9-5-4-6-11(18-3)12(9)14/h4-7,13,17H,1-3H3. The third-order valence-electron chi connectivity index (χ3n) is 2.85. The van der Waals surface area contributed by atoms with Crippen molar-refractivity contribution in [2.45, 2.75) is 13.0 Å². The molecule has 18 heavy (non-hydrogen) atoms. The lowest BCUT2D eigenvalue weighted by Gasteiger charge is -2.13. The maximum absolute atomic E-state index is 14.0. The van der Waals surface area contributed by atoms with Crippen LogP contribution in [0.4, 0.5) is 4.39 Å². The van der Waals surface area contributed by atoms with Crippen molar-refractivity contribution >= 4 is 0 Å². The quantitative estimate of drug-likeness (QED) is 0.905. The molecule has 0 aliphatic heterocycles. The number of methoxy groups -OCH3 is 1. The van der Waals surface area contributed by atoms with Crippen molar-refractivity contribution in [1.29, 1.82) is 0 Å². The van der Waals surface area contributed by atoms with Crippen LogP contribution in [0.5, 0.6) is 5.75 Å². The Balaban J connectivity index is 2.46. The molecule has 1 unspecified atom stereocenters. The molecule has 96 valence electrons. The van der Waals surface area contributed by atoms with Gasteiger partial charge < -0.3 is 9.84 Å². The molecule has 1 aromatic carbocycles. The highest BCUT2D eigenvalue weighted by molar-refractivity contribution is 5.37. The lowest BCUT2D eigenvalue weighted by Crippen LogP contribution is -2.04. The lowest BCUT2D eigenvalue weighted by atomic mass is 10.0.